The summed E-state index contributed by atoms with van der Waals surface area (Å²) in [5, 5.41) is 14.7. The third-order valence-electron chi connectivity index (χ3n) is 11.1. The van der Waals surface area contributed by atoms with Crippen LogP contribution in [0.3, 0.4) is 0 Å². The number of benzene rings is 5. The summed E-state index contributed by atoms with van der Waals surface area (Å²) in [6, 6.07) is 22.4. The van der Waals surface area contributed by atoms with Crippen LogP contribution >= 0.6 is 22.9 Å². The van der Waals surface area contributed by atoms with E-state index < -0.39 is 28.0 Å². The first kappa shape index (κ1) is 45.2. The maximum Gasteiger partial charge on any atom is 0.345 e. The summed E-state index contributed by atoms with van der Waals surface area (Å²) in [4.78, 5) is 34.9. The molecule has 3 N–H and O–H groups in total. The van der Waals surface area contributed by atoms with Gasteiger partial charge in [0.25, 0.3) is 10.1 Å². The van der Waals surface area contributed by atoms with Crippen molar-refractivity contribution in [2.24, 2.45) is 0 Å². The number of halogens is 3. The monoisotopic (exact) mass is 1040 g/mol. The van der Waals surface area contributed by atoms with Crippen molar-refractivity contribution in [3.05, 3.63) is 120 Å². The van der Waals surface area contributed by atoms with Gasteiger partial charge >= 0.3 is 5.97 Å². The maximum absolute atomic E-state index is 15.0. The maximum atomic E-state index is 15.0. The molecule has 1 aliphatic rings. The number of hydrogen-bond donors (Lipinski definition) is 3. The van der Waals surface area contributed by atoms with E-state index in [2.05, 4.69) is 31.9 Å². The van der Waals surface area contributed by atoms with Gasteiger partial charge in [-0.25, -0.2) is 29.1 Å². The van der Waals surface area contributed by atoms with Crippen molar-refractivity contribution in [2.45, 2.75) is 24.0 Å². The quantitative estimate of drug-likeness (QED) is 0.0820. The van der Waals surface area contributed by atoms with Gasteiger partial charge in [-0.1, -0.05) is 48.0 Å². The van der Waals surface area contributed by atoms with E-state index in [1.54, 1.807) is 48.5 Å². The fraction of sp³-hybridized carbons (Fsp3) is 0.222. The molecule has 64 heavy (non-hydrogen) atoms. The van der Waals surface area contributed by atoms with E-state index in [4.69, 9.17) is 25.8 Å². The van der Waals surface area contributed by atoms with Crippen LogP contribution in [-0.4, -0.2) is 101 Å². The molecule has 1 fully saturated rings. The second-order valence-corrected chi connectivity index (χ2v) is 18.0. The van der Waals surface area contributed by atoms with Gasteiger partial charge < -0.3 is 48.2 Å². The summed E-state index contributed by atoms with van der Waals surface area (Å²) in [5.74, 6) is -0.538. The minimum Gasteiger partial charge on any atom is -1.00 e. The van der Waals surface area contributed by atoms with Crippen LogP contribution in [0.4, 0.5) is 4.39 Å². The van der Waals surface area contributed by atoms with Crippen molar-refractivity contribution in [3.63, 3.8) is 0 Å². The van der Waals surface area contributed by atoms with Crippen molar-refractivity contribution in [3.8, 4) is 28.8 Å². The number of hydrogen-bond acceptors (Lipinski definition) is 12. The zero-order chi connectivity index (χ0) is 43.8. The number of carbonyl (C=O) groups is 1. The average molecular weight is 1040 g/mol. The lowest BCUT2D eigenvalue weighted by atomic mass is 9.97. The molecule has 4 heterocycles. The fourth-order valence-electron chi connectivity index (χ4n) is 7.84. The van der Waals surface area contributed by atoms with Gasteiger partial charge in [0.1, 0.15) is 41.7 Å². The first-order valence-electron chi connectivity index (χ1n) is 20.0. The molecule has 19 heteroatoms. The summed E-state index contributed by atoms with van der Waals surface area (Å²) >= 11 is 8.54. The third-order valence-corrected chi connectivity index (χ3v) is 13.4. The average Bonchev–Trinajstić information content (AvgIpc) is 3.68. The van der Waals surface area contributed by atoms with Crippen LogP contribution in [0.15, 0.2) is 102 Å². The Morgan fingerprint density at radius 1 is 0.922 bits per heavy atom. The van der Waals surface area contributed by atoms with Gasteiger partial charge in [-0.2, -0.15) is 8.42 Å². The Balaban J connectivity index is 0.00000560. The molecule has 3 aromatic heterocycles. The normalized spacial score (nSPS) is 14.2. The first-order chi connectivity index (χ1) is 30.4. The van der Waals surface area contributed by atoms with E-state index in [0.717, 1.165) is 42.8 Å². The van der Waals surface area contributed by atoms with Gasteiger partial charge in [0.2, 0.25) is 12.0 Å². The lowest BCUT2D eigenvalue weighted by Gasteiger charge is -2.29. The standard InChI is InChI=1S/C45H38ClFN6O8S2.HI/c1-52-15-17-53(18-16-52)19-20-59-35-12-11-32-37(40(35)46)33-23-28(47)9-10-31(33)41-38(32)39-43(49-25-50-44(39)62-41)61-36(45(54)55)22-26-5-2-3-8-34(26)60-24-29-13-14-48-42(51-29)27-6-4-7-30(21-27)63(56,57)58;/h2-14,21,23,25,36H,15-20,22,24H2,1H3,(H,54,55)(H,56,57,58);1H/t36-;/m1./s1. The summed E-state index contributed by atoms with van der Waals surface area (Å²) < 4.78 is 67.4. The molecule has 0 bridgehead atoms. The number of carboxylic acid groups (broad SMARTS) is 1. The van der Waals surface area contributed by atoms with Crippen LogP contribution in [-0.2, 0) is 27.9 Å². The number of quaternary nitrogens is 1. The molecule has 0 aliphatic carbocycles. The second-order valence-electron chi connectivity index (χ2n) is 15.2. The molecular formula is C45H39ClFIN6O8S2. The van der Waals surface area contributed by atoms with Crippen molar-refractivity contribution < 1.29 is 70.3 Å². The highest BCUT2D eigenvalue weighted by Crippen LogP contribution is 2.49. The van der Waals surface area contributed by atoms with Crippen LogP contribution < -0.4 is 43.1 Å². The lowest BCUT2D eigenvalue weighted by molar-refractivity contribution is -0.884. The zero-order valence-electron chi connectivity index (χ0n) is 34.0. The number of rotatable bonds is 14. The molecule has 9 rings (SSSR count). The van der Waals surface area contributed by atoms with Gasteiger partial charge in [-0.05, 0) is 64.9 Å². The SMILES string of the molecule is C[NH+]1CCN(CCOc2ccc3c(c2Cl)c2cc(F)ccc2c2sc4ncnc(O[C@H](Cc5ccccc5OCc5ccnc(-c6cccc(S(=O)(=O)O)c6)n5)C(=O)O)c4c32)CC1.[I-]. The molecule has 5 aromatic carbocycles. The molecular weight excluding hydrogens is 998 g/mol. The number of fused-ring (bicyclic) bond motifs is 8. The Kier molecular flexibility index (Phi) is 13.4. The van der Waals surface area contributed by atoms with Crippen LogP contribution in [0.25, 0.3) is 53.2 Å². The highest BCUT2D eigenvalue weighted by molar-refractivity contribution is 7.85. The smallest absolute Gasteiger partial charge is 0.345 e. The molecule has 0 radical (unpaired) electrons. The first-order valence-corrected chi connectivity index (χ1v) is 22.6. The molecule has 1 aliphatic heterocycles. The van der Waals surface area contributed by atoms with Crippen LogP contribution in [0.1, 0.15) is 11.3 Å². The van der Waals surface area contributed by atoms with Crippen LogP contribution in [0.5, 0.6) is 17.4 Å². The van der Waals surface area contributed by atoms with Gasteiger partial charge in [-0.15, -0.1) is 11.3 Å². The van der Waals surface area contributed by atoms with E-state index >= 15 is 0 Å². The van der Waals surface area contributed by atoms with Crippen LogP contribution in [0, 0.1) is 5.82 Å². The number of piperazine rings is 1. The molecule has 1 atom stereocenters. The number of aliphatic carboxylic acids is 1. The van der Waals surface area contributed by atoms with E-state index in [1.807, 2.05) is 6.07 Å². The number of nitrogens with zero attached hydrogens (tertiary/aromatic N) is 5. The number of ether oxygens (including phenoxy) is 3. The number of nitrogens with one attached hydrogen (secondary N) is 1. The Bertz CT molecular complexity index is 3170. The van der Waals surface area contributed by atoms with E-state index in [0.29, 0.717) is 71.7 Å². The van der Waals surface area contributed by atoms with Crippen molar-refractivity contribution in [2.75, 3.05) is 46.4 Å². The van der Waals surface area contributed by atoms with Gasteiger partial charge in [0.05, 0.1) is 41.1 Å². The molecule has 0 amide bonds. The highest BCUT2D eigenvalue weighted by Gasteiger charge is 2.27. The minimum atomic E-state index is -4.44. The highest BCUT2D eigenvalue weighted by atomic mass is 127. The molecule has 1 saturated heterocycles. The number of thiophene rings is 1. The number of likely N-dealkylation sites (N-methyl/N-ethyl adjacent to an activating group) is 1. The third kappa shape index (κ3) is 9.40. The molecule has 8 aromatic rings. The van der Waals surface area contributed by atoms with Crippen molar-refractivity contribution in [1.82, 2.24) is 24.8 Å². The van der Waals surface area contributed by atoms with E-state index in [1.165, 1.54) is 59.1 Å². The Morgan fingerprint density at radius 2 is 1.72 bits per heavy atom. The minimum absolute atomic E-state index is 0. The summed E-state index contributed by atoms with van der Waals surface area (Å²) in [6.07, 6.45) is 1.29. The molecule has 0 saturated carbocycles. The van der Waals surface area contributed by atoms with Crippen LogP contribution in [0.2, 0.25) is 5.02 Å². The number of aromatic nitrogens is 4. The topological polar surface area (TPSA) is 179 Å². The Morgan fingerprint density at radius 3 is 2.52 bits per heavy atom. The van der Waals surface area contributed by atoms with E-state index in [9.17, 15) is 27.3 Å². The van der Waals surface area contributed by atoms with Gasteiger partial charge in [0.15, 0.2) is 5.82 Å². The summed E-state index contributed by atoms with van der Waals surface area (Å²) in [7, 11) is -2.25. The summed E-state index contributed by atoms with van der Waals surface area (Å²) in [6.45, 7) is 5.24. The van der Waals surface area contributed by atoms with Crippen molar-refractivity contribution in [1.29, 1.82) is 0 Å². The second kappa shape index (κ2) is 19.0. The molecule has 14 nitrogen and oxygen atoms in total. The number of para-hydroxylation sites is 1. The summed E-state index contributed by atoms with van der Waals surface area (Å²) in [5.41, 5.74) is 1.36. The van der Waals surface area contributed by atoms with Gasteiger partial charge in [0, 0.05) is 58.7 Å². The predicted molar refractivity (Wildman–Crippen MR) is 237 cm³/mol. The largest absolute Gasteiger partial charge is 1.00 e. The number of carboxylic acids is 1. The zero-order valence-corrected chi connectivity index (χ0v) is 38.5. The fourth-order valence-corrected chi connectivity index (χ4v) is 9.87. The lowest BCUT2D eigenvalue weighted by Crippen LogP contribution is -3.12. The van der Waals surface area contributed by atoms with E-state index in [-0.39, 0.29) is 53.6 Å². The Hall–Kier alpha value is -5.35. The molecule has 0 unspecified atom stereocenters. The molecule has 0 spiro atoms. The predicted octanol–water partition coefficient (Wildman–Crippen LogP) is 3.51. The van der Waals surface area contributed by atoms with Crippen molar-refractivity contribution >= 4 is 80.9 Å². The molecule has 330 valence electrons. The van der Waals surface area contributed by atoms with Gasteiger partial charge in [-0.3, -0.25) is 9.45 Å². The Labute approximate surface area is 392 Å².